The Bertz CT molecular complexity index is 2950. The monoisotopic (exact) mass is 1150 g/mol. The molecular weight excluding hydrogens is 1080 g/mol. The Morgan fingerprint density at radius 3 is 1.49 bits per heavy atom. The molecule has 1 N–H and O–H groups in total. The molecule has 5 aromatic carbocycles. The fraction of sp³-hybridized carbons (Fsp3) is 0.377. The molecule has 1 unspecified atom stereocenters. The van der Waals surface area contributed by atoms with Gasteiger partial charge in [-0.2, -0.15) is 0 Å². The second kappa shape index (κ2) is 28.5. The number of rotatable bonds is 21. The molecule has 0 bridgehead atoms. The van der Waals surface area contributed by atoms with Gasteiger partial charge in [0.1, 0.15) is 49.3 Å². The van der Waals surface area contributed by atoms with Crippen molar-refractivity contribution >= 4 is 35.8 Å². The van der Waals surface area contributed by atoms with Gasteiger partial charge in [0, 0.05) is 26.5 Å². The topological polar surface area (TPSA) is 261 Å². The van der Waals surface area contributed by atoms with E-state index in [2.05, 4.69) is 6.58 Å². The Morgan fingerprint density at radius 2 is 0.964 bits per heavy atom. The van der Waals surface area contributed by atoms with E-state index in [0.29, 0.717) is 5.56 Å². The lowest BCUT2D eigenvalue weighted by Gasteiger charge is -2.50. The summed E-state index contributed by atoms with van der Waals surface area (Å²) in [6.07, 6.45) is -22.3. The Balaban J connectivity index is 1.09. The molecule has 4 saturated heterocycles. The summed E-state index contributed by atoms with van der Waals surface area (Å²) in [5.41, 5.74) is 0.971. The summed E-state index contributed by atoms with van der Waals surface area (Å²) in [5, 5.41) is 12.2. The maximum absolute atomic E-state index is 14.3. The first-order chi connectivity index (χ1) is 40.3. The van der Waals surface area contributed by atoms with Crippen molar-refractivity contribution in [1.82, 2.24) is 0 Å². The molecule has 438 valence electrons. The van der Waals surface area contributed by atoms with E-state index in [1.165, 1.54) is 61.7 Å². The molecule has 22 heteroatoms. The molecule has 22 nitrogen and oxygen atoms in total. The minimum absolute atomic E-state index is 0.00542. The number of ether oxygens (including phenoxy) is 15. The molecule has 0 amide bonds. The van der Waals surface area contributed by atoms with Crippen molar-refractivity contribution in [2.45, 2.75) is 112 Å². The number of aliphatic hydroxyl groups excluding tert-OH is 1. The molecule has 0 aliphatic carbocycles. The SMILES string of the molecule is C=CCO[C@@H]1[C@@H](OC(C)=O)[C@H](O[C@H]2[C@@H](OC)O[C@@H]3COC(c4ccccc4)O[C@H]3[C@@H]2O)O[C@H](CO[C@@H]2O[C@H](COC(=O)c3ccccc3)[C@@H](OC(=O)c3ccccc3)[C@H](OC(=O)c3ccccc3)[C@H]2OC(=O)c2ccccc2)[C@H]1OC(C)=O. The van der Waals surface area contributed by atoms with Crippen LogP contribution in [0, 0.1) is 0 Å². The van der Waals surface area contributed by atoms with E-state index in [1.54, 1.807) is 97.1 Å². The van der Waals surface area contributed by atoms with Gasteiger partial charge in [-0.15, -0.1) is 6.58 Å². The normalized spacial score (nSPS) is 29.3. The molecule has 0 spiro atoms. The lowest BCUT2D eigenvalue weighted by molar-refractivity contribution is -0.393. The maximum atomic E-state index is 14.3. The van der Waals surface area contributed by atoms with E-state index in [0.717, 1.165) is 13.8 Å². The van der Waals surface area contributed by atoms with Crippen LogP contribution in [0.1, 0.15) is 67.1 Å². The molecule has 4 fully saturated rings. The summed E-state index contributed by atoms with van der Waals surface area (Å²) in [4.78, 5) is 82.6. The zero-order chi connectivity index (χ0) is 58.4. The number of hydrogen-bond donors (Lipinski definition) is 1. The van der Waals surface area contributed by atoms with Gasteiger partial charge in [0.15, 0.2) is 55.7 Å². The van der Waals surface area contributed by atoms with Gasteiger partial charge in [-0.1, -0.05) is 109 Å². The maximum Gasteiger partial charge on any atom is 0.338 e. The van der Waals surface area contributed by atoms with Crippen LogP contribution < -0.4 is 0 Å². The van der Waals surface area contributed by atoms with Crippen LogP contribution in [0.5, 0.6) is 0 Å². The van der Waals surface area contributed by atoms with Crippen LogP contribution in [-0.4, -0.2) is 167 Å². The number of esters is 6. The van der Waals surface area contributed by atoms with E-state index in [-0.39, 0.29) is 35.5 Å². The van der Waals surface area contributed by atoms with E-state index in [9.17, 15) is 33.9 Å². The quantitative estimate of drug-likeness (QED) is 0.0528. The number of benzene rings is 5. The summed E-state index contributed by atoms with van der Waals surface area (Å²) < 4.78 is 93.0. The number of fused-ring (bicyclic) bond motifs is 1. The largest absolute Gasteiger partial charge is 0.459 e. The van der Waals surface area contributed by atoms with E-state index in [4.69, 9.17) is 71.1 Å². The molecule has 9 rings (SSSR count). The lowest BCUT2D eigenvalue weighted by atomic mass is 9.95. The van der Waals surface area contributed by atoms with Gasteiger partial charge >= 0.3 is 35.8 Å². The van der Waals surface area contributed by atoms with Crippen LogP contribution in [-0.2, 0) is 80.6 Å². The lowest BCUT2D eigenvalue weighted by Crippen LogP contribution is -2.67. The Hall–Kier alpha value is -7.74. The second-order valence-corrected chi connectivity index (χ2v) is 19.4. The van der Waals surface area contributed by atoms with Gasteiger partial charge in [0.25, 0.3) is 0 Å². The van der Waals surface area contributed by atoms with Crippen LogP contribution in [0.4, 0.5) is 0 Å². The predicted molar refractivity (Wildman–Crippen MR) is 285 cm³/mol. The van der Waals surface area contributed by atoms with Crippen LogP contribution in [0.15, 0.2) is 164 Å². The molecule has 4 aliphatic rings. The number of aliphatic hydroxyl groups is 1. The summed E-state index contributed by atoms with van der Waals surface area (Å²) in [6.45, 7) is 4.39. The second-order valence-electron chi connectivity index (χ2n) is 19.4. The first kappa shape index (κ1) is 59.9. The first-order valence-electron chi connectivity index (χ1n) is 26.6. The van der Waals surface area contributed by atoms with Crippen molar-refractivity contribution < 1.29 is 105 Å². The van der Waals surface area contributed by atoms with Gasteiger partial charge in [0.2, 0.25) is 0 Å². The summed E-state index contributed by atoms with van der Waals surface area (Å²) in [7, 11) is 1.32. The molecule has 16 atom stereocenters. The van der Waals surface area contributed by atoms with E-state index >= 15 is 0 Å². The number of methoxy groups -OCH3 is 1. The van der Waals surface area contributed by atoms with Gasteiger partial charge in [-0.3, -0.25) is 9.59 Å². The fourth-order valence-corrected chi connectivity index (χ4v) is 9.83. The van der Waals surface area contributed by atoms with Crippen molar-refractivity contribution in [3.8, 4) is 0 Å². The third-order valence-electron chi connectivity index (χ3n) is 13.7. The molecule has 83 heavy (non-hydrogen) atoms. The minimum atomic E-state index is -1.87. The zero-order valence-corrected chi connectivity index (χ0v) is 45.3. The third kappa shape index (κ3) is 14.9. The van der Waals surface area contributed by atoms with Crippen LogP contribution in [0.25, 0.3) is 0 Å². The highest BCUT2D eigenvalue weighted by Crippen LogP contribution is 2.39. The summed E-state index contributed by atoms with van der Waals surface area (Å²) in [6, 6.07) is 40.4. The van der Waals surface area contributed by atoms with Crippen molar-refractivity contribution in [3.05, 3.63) is 192 Å². The fourth-order valence-electron chi connectivity index (χ4n) is 9.83. The van der Waals surface area contributed by atoms with Crippen molar-refractivity contribution in [2.75, 3.05) is 33.5 Å². The third-order valence-corrected chi connectivity index (χ3v) is 13.7. The first-order valence-corrected chi connectivity index (χ1v) is 26.6. The van der Waals surface area contributed by atoms with Crippen LogP contribution >= 0.6 is 0 Å². The molecule has 4 heterocycles. The van der Waals surface area contributed by atoms with Crippen molar-refractivity contribution in [2.24, 2.45) is 0 Å². The summed E-state index contributed by atoms with van der Waals surface area (Å²) in [5.74, 6) is -5.35. The highest BCUT2D eigenvalue weighted by molar-refractivity contribution is 5.91. The van der Waals surface area contributed by atoms with Gasteiger partial charge in [-0.05, 0) is 48.5 Å². The number of carbonyl (C=O) groups excluding carboxylic acids is 6. The smallest absolute Gasteiger partial charge is 0.338 e. The van der Waals surface area contributed by atoms with Crippen molar-refractivity contribution in [1.29, 1.82) is 0 Å². The molecule has 4 aliphatic heterocycles. The highest BCUT2D eigenvalue weighted by atomic mass is 16.8. The van der Waals surface area contributed by atoms with Crippen LogP contribution in [0.2, 0.25) is 0 Å². The average molecular weight is 1150 g/mol. The molecular formula is C61H62O22. The molecule has 5 aromatic rings. The Labute approximate surface area is 477 Å². The predicted octanol–water partition coefficient (Wildman–Crippen LogP) is 5.65. The van der Waals surface area contributed by atoms with Crippen LogP contribution in [0.3, 0.4) is 0 Å². The average Bonchev–Trinajstić information content (AvgIpc) is 3.67. The standard InChI is InChI=1S/C61H62O22/c1-5-31-70-50-47(74-35(2)62)44(78-61(52(50)75-36(3)63)83-49-45(64)46-42(76-59(49)69-4)33-72-58(82-46)41-29-19-10-20-30-41)34-73-60-53(81-57(68)40-27-17-9-18-28-40)51(80-56(67)39-25-15-8-16-26-39)48(79-55(66)38-23-13-7-14-24-38)43(77-60)32-71-54(65)37-21-11-6-12-22-37/h5-30,42-53,58-61,64H,1,31-34H2,2-4H3/t42-,43-,44-,45+,46-,47-,48-,49-,50+,51+,52-,53-,58?,59+,60-,61+/m1/s1. The molecule has 0 aromatic heterocycles. The zero-order valence-electron chi connectivity index (χ0n) is 45.3. The highest BCUT2D eigenvalue weighted by Gasteiger charge is 2.58. The van der Waals surface area contributed by atoms with Gasteiger partial charge < -0.3 is 76.2 Å². The summed E-state index contributed by atoms with van der Waals surface area (Å²) >= 11 is 0. The van der Waals surface area contributed by atoms with E-state index < -0.39 is 147 Å². The Kier molecular flexibility index (Phi) is 20.6. The number of hydrogen-bond acceptors (Lipinski definition) is 22. The van der Waals surface area contributed by atoms with Crippen molar-refractivity contribution in [3.63, 3.8) is 0 Å². The van der Waals surface area contributed by atoms with Gasteiger partial charge in [0.05, 0.1) is 42.1 Å². The number of carbonyl (C=O) groups is 6. The minimum Gasteiger partial charge on any atom is -0.459 e. The van der Waals surface area contributed by atoms with E-state index in [1.807, 2.05) is 6.07 Å². The molecule has 0 radical (unpaired) electrons. The van der Waals surface area contributed by atoms with Gasteiger partial charge in [-0.25, -0.2) is 19.2 Å². The Morgan fingerprint density at radius 1 is 0.506 bits per heavy atom. The molecule has 0 saturated carbocycles.